The lowest BCUT2D eigenvalue weighted by Crippen LogP contribution is -2.48. The van der Waals surface area contributed by atoms with Gasteiger partial charge in [0.1, 0.15) is 22.8 Å². The maximum atomic E-state index is 13.6. The Bertz CT molecular complexity index is 1690. The SMILES string of the molecule is CCc1ccc(-c2c3nc(-c4cc(S(=O)(=O)N5CCN(CC)CC5)cnc4OCCOC)[nH]c(=O)c3nn2C)cn1. The molecule has 1 aliphatic heterocycles. The number of nitrogens with zero attached hydrogens (tertiary/aromatic N) is 7. The molecular formula is C27H34N8O5S. The second-order valence-corrected chi connectivity index (χ2v) is 11.6. The Labute approximate surface area is 238 Å². The van der Waals surface area contributed by atoms with E-state index in [4.69, 9.17) is 14.5 Å². The predicted molar refractivity (Wildman–Crippen MR) is 153 cm³/mol. The van der Waals surface area contributed by atoms with Gasteiger partial charge in [0, 0.05) is 57.8 Å². The maximum Gasteiger partial charge on any atom is 0.279 e. The maximum absolute atomic E-state index is 13.6. The number of nitrogens with one attached hydrogen (secondary N) is 1. The molecule has 0 spiro atoms. The molecule has 1 fully saturated rings. The summed E-state index contributed by atoms with van der Waals surface area (Å²) in [5.41, 5.74) is 2.55. The van der Waals surface area contributed by atoms with Gasteiger partial charge in [-0.2, -0.15) is 9.40 Å². The zero-order valence-electron chi connectivity index (χ0n) is 23.6. The van der Waals surface area contributed by atoms with Crippen molar-refractivity contribution in [2.24, 2.45) is 7.05 Å². The van der Waals surface area contributed by atoms with Crippen LogP contribution < -0.4 is 10.3 Å². The number of hydrogen-bond acceptors (Lipinski definition) is 10. The van der Waals surface area contributed by atoms with Crippen molar-refractivity contribution in [3.8, 4) is 28.5 Å². The summed E-state index contributed by atoms with van der Waals surface area (Å²) in [6, 6.07) is 5.29. The van der Waals surface area contributed by atoms with Crippen LogP contribution in [0.3, 0.4) is 0 Å². The quantitative estimate of drug-likeness (QED) is 0.274. The van der Waals surface area contributed by atoms with Crippen molar-refractivity contribution < 1.29 is 17.9 Å². The molecule has 4 aromatic rings. The van der Waals surface area contributed by atoms with Crippen LogP contribution in [0.5, 0.6) is 5.88 Å². The van der Waals surface area contributed by atoms with Crippen molar-refractivity contribution in [1.82, 2.24) is 38.9 Å². The highest BCUT2D eigenvalue weighted by molar-refractivity contribution is 7.89. The van der Waals surface area contributed by atoms with Gasteiger partial charge in [0.05, 0.1) is 24.1 Å². The fourth-order valence-electron chi connectivity index (χ4n) is 4.82. The molecule has 1 N–H and O–H groups in total. The number of sulfonamides is 1. The van der Waals surface area contributed by atoms with Crippen LogP contribution in [0.4, 0.5) is 0 Å². The molecule has 0 amide bonds. The molecule has 0 atom stereocenters. The van der Waals surface area contributed by atoms with Gasteiger partial charge in [0.2, 0.25) is 15.9 Å². The van der Waals surface area contributed by atoms with Crippen LogP contribution in [0, 0.1) is 0 Å². The van der Waals surface area contributed by atoms with Gasteiger partial charge in [-0.3, -0.25) is 14.5 Å². The van der Waals surface area contributed by atoms with E-state index >= 15 is 0 Å². The number of fused-ring (bicyclic) bond motifs is 1. The summed E-state index contributed by atoms with van der Waals surface area (Å²) in [6.45, 7) is 7.46. The van der Waals surface area contributed by atoms with Crippen molar-refractivity contribution in [3.05, 3.63) is 46.6 Å². The van der Waals surface area contributed by atoms with Gasteiger partial charge in [-0.1, -0.05) is 13.8 Å². The molecule has 0 unspecified atom stereocenters. The van der Waals surface area contributed by atoms with Crippen LogP contribution in [0.15, 0.2) is 40.3 Å². The molecule has 5 rings (SSSR count). The van der Waals surface area contributed by atoms with E-state index in [0.717, 1.165) is 24.2 Å². The number of pyridine rings is 2. The van der Waals surface area contributed by atoms with Crippen molar-refractivity contribution in [1.29, 1.82) is 0 Å². The number of piperazine rings is 1. The number of methoxy groups -OCH3 is 1. The summed E-state index contributed by atoms with van der Waals surface area (Å²) in [6.07, 6.45) is 3.80. The number of aryl methyl sites for hydroxylation is 2. The fraction of sp³-hybridized carbons (Fsp3) is 0.444. The minimum Gasteiger partial charge on any atom is -0.475 e. The zero-order chi connectivity index (χ0) is 29.1. The van der Waals surface area contributed by atoms with Gasteiger partial charge in [-0.05, 0) is 31.2 Å². The first kappa shape index (κ1) is 28.8. The summed E-state index contributed by atoms with van der Waals surface area (Å²) in [5, 5.41) is 4.39. The van der Waals surface area contributed by atoms with E-state index in [-0.39, 0.29) is 34.3 Å². The fourth-order valence-corrected chi connectivity index (χ4v) is 6.21. The highest BCUT2D eigenvalue weighted by Crippen LogP contribution is 2.32. The van der Waals surface area contributed by atoms with E-state index in [9.17, 15) is 13.2 Å². The number of ether oxygens (including phenoxy) is 2. The Morgan fingerprint density at radius 2 is 1.80 bits per heavy atom. The lowest BCUT2D eigenvalue weighted by atomic mass is 10.1. The molecule has 1 aliphatic rings. The Kier molecular flexibility index (Phi) is 8.45. The molecular weight excluding hydrogens is 548 g/mol. The molecule has 5 heterocycles. The Morgan fingerprint density at radius 3 is 2.46 bits per heavy atom. The first-order chi connectivity index (χ1) is 19.8. The minimum atomic E-state index is -3.85. The highest BCUT2D eigenvalue weighted by atomic mass is 32.2. The van der Waals surface area contributed by atoms with Gasteiger partial charge in [0.15, 0.2) is 5.52 Å². The van der Waals surface area contributed by atoms with E-state index in [2.05, 4.69) is 31.9 Å². The van der Waals surface area contributed by atoms with Crippen LogP contribution in [0.2, 0.25) is 0 Å². The third-order valence-corrected chi connectivity index (χ3v) is 9.04. The van der Waals surface area contributed by atoms with Crippen LogP contribution in [-0.4, -0.2) is 100 Å². The van der Waals surface area contributed by atoms with Crippen molar-refractivity contribution in [2.45, 2.75) is 25.2 Å². The number of H-pyrrole nitrogens is 1. The standard InChI is InChI=1S/C27H34N8O5S/c1-5-19-8-7-18(16-28-19)24-22-23(32-33(24)3)26(36)31-25(30-22)21-15-20(17-29-27(21)40-14-13-39-4)41(37,38)35-11-9-34(6-2)10-12-35/h7-8,15-17H,5-6,9-14H2,1-4H3,(H,30,31,36). The Morgan fingerprint density at radius 1 is 1.02 bits per heavy atom. The van der Waals surface area contributed by atoms with Gasteiger partial charge in [-0.15, -0.1) is 0 Å². The second kappa shape index (κ2) is 12.0. The molecule has 218 valence electrons. The summed E-state index contributed by atoms with van der Waals surface area (Å²) >= 11 is 0. The van der Waals surface area contributed by atoms with Gasteiger partial charge < -0.3 is 19.4 Å². The van der Waals surface area contributed by atoms with E-state index in [1.165, 1.54) is 16.6 Å². The zero-order valence-corrected chi connectivity index (χ0v) is 24.4. The molecule has 0 bridgehead atoms. The normalized spacial score (nSPS) is 15.0. The number of hydrogen-bond donors (Lipinski definition) is 1. The minimum absolute atomic E-state index is 0.00921. The predicted octanol–water partition coefficient (Wildman–Crippen LogP) is 1.69. The molecule has 1 saturated heterocycles. The Hall–Kier alpha value is -3.72. The number of aromatic nitrogens is 6. The van der Waals surface area contributed by atoms with Crippen LogP contribution in [0.1, 0.15) is 19.5 Å². The van der Waals surface area contributed by atoms with Crippen molar-refractivity contribution in [2.75, 3.05) is 53.0 Å². The Balaban J connectivity index is 1.62. The third-order valence-electron chi connectivity index (χ3n) is 7.18. The lowest BCUT2D eigenvalue weighted by molar-refractivity contribution is 0.144. The largest absolute Gasteiger partial charge is 0.475 e. The molecule has 14 heteroatoms. The summed E-state index contributed by atoms with van der Waals surface area (Å²) in [4.78, 5) is 31.8. The monoisotopic (exact) mass is 582 g/mol. The first-order valence-electron chi connectivity index (χ1n) is 13.5. The van der Waals surface area contributed by atoms with Gasteiger partial charge >= 0.3 is 0 Å². The third kappa shape index (κ3) is 5.73. The lowest BCUT2D eigenvalue weighted by Gasteiger charge is -2.33. The van der Waals surface area contributed by atoms with Crippen LogP contribution in [0.25, 0.3) is 33.7 Å². The number of rotatable bonds is 10. The van der Waals surface area contributed by atoms with E-state index in [0.29, 0.717) is 44.0 Å². The average molecular weight is 583 g/mol. The number of likely N-dealkylation sites (N-methyl/N-ethyl adjacent to an activating group) is 1. The highest BCUT2D eigenvalue weighted by Gasteiger charge is 2.30. The summed E-state index contributed by atoms with van der Waals surface area (Å²) in [7, 11) is -0.575. The van der Waals surface area contributed by atoms with E-state index in [1.807, 2.05) is 19.1 Å². The number of aromatic amines is 1. The first-order valence-corrected chi connectivity index (χ1v) is 15.0. The average Bonchev–Trinajstić information content (AvgIpc) is 3.33. The topological polar surface area (TPSA) is 148 Å². The smallest absolute Gasteiger partial charge is 0.279 e. The molecule has 41 heavy (non-hydrogen) atoms. The van der Waals surface area contributed by atoms with Crippen LogP contribution in [-0.2, 0) is 28.2 Å². The van der Waals surface area contributed by atoms with E-state index < -0.39 is 15.6 Å². The molecule has 4 aromatic heterocycles. The molecule has 0 saturated carbocycles. The van der Waals surface area contributed by atoms with Crippen molar-refractivity contribution in [3.63, 3.8) is 0 Å². The second-order valence-electron chi connectivity index (χ2n) is 9.68. The van der Waals surface area contributed by atoms with Gasteiger partial charge in [0.25, 0.3) is 5.56 Å². The summed E-state index contributed by atoms with van der Waals surface area (Å²) < 4.78 is 41.2. The molecule has 0 aliphatic carbocycles. The summed E-state index contributed by atoms with van der Waals surface area (Å²) in [5.74, 6) is 0.237. The van der Waals surface area contributed by atoms with Crippen molar-refractivity contribution >= 4 is 21.1 Å². The van der Waals surface area contributed by atoms with E-state index in [1.54, 1.807) is 25.0 Å². The molecule has 0 radical (unpaired) electrons. The van der Waals surface area contributed by atoms with Crippen LogP contribution >= 0.6 is 0 Å². The molecule has 13 nitrogen and oxygen atoms in total. The molecule has 0 aromatic carbocycles. The van der Waals surface area contributed by atoms with Gasteiger partial charge in [-0.25, -0.2) is 18.4 Å².